The summed E-state index contributed by atoms with van der Waals surface area (Å²) in [5.41, 5.74) is 0.160. The van der Waals surface area contributed by atoms with Crippen LogP contribution >= 0.6 is 0 Å². The summed E-state index contributed by atoms with van der Waals surface area (Å²) in [6.07, 6.45) is 5.51. The van der Waals surface area contributed by atoms with Gasteiger partial charge in [-0.05, 0) is 6.42 Å². The van der Waals surface area contributed by atoms with Gasteiger partial charge in [0.25, 0.3) is 0 Å². The van der Waals surface area contributed by atoms with E-state index in [1.807, 2.05) is 6.08 Å². The molecule has 2 nitrogen and oxygen atoms in total. The Balaban J connectivity index is 2.39. The fourth-order valence-electron chi connectivity index (χ4n) is 1.76. The highest BCUT2D eigenvalue weighted by Crippen LogP contribution is 2.29. The first kappa shape index (κ1) is 12.8. The molecular formula is C12H23BO2. The van der Waals surface area contributed by atoms with Gasteiger partial charge >= 0.3 is 7.12 Å². The molecule has 15 heavy (non-hydrogen) atoms. The molecule has 86 valence electrons. The smallest absolute Gasteiger partial charge is 0.410 e. The molecular weight excluding hydrogens is 187 g/mol. The van der Waals surface area contributed by atoms with Gasteiger partial charge in [-0.1, -0.05) is 39.7 Å². The van der Waals surface area contributed by atoms with Crippen LogP contribution < -0.4 is 0 Å². The fourth-order valence-corrected chi connectivity index (χ4v) is 1.76. The van der Waals surface area contributed by atoms with Crippen molar-refractivity contribution in [2.75, 3.05) is 13.2 Å². The van der Waals surface area contributed by atoms with Crippen molar-refractivity contribution in [2.24, 2.45) is 5.41 Å². The Morgan fingerprint density at radius 2 is 2.00 bits per heavy atom. The largest absolute Gasteiger partial charge is 0.464 e. The van der Waals surface area contributed by atoms with E-state index in [4.69, 9.17) is 9.31 Å². The molecule has 0 aromatic rings. The SMILES string of the molecule is C=C[C@H](CCCC)B1OCC(C)(C)CO1. The van der Waals surface area contributed by atoms with Gasteiger partial charge in [-0.15, -0.1) is 6.58 Å². The van der Waals surface area contributed by atoms with Crippen molar-refractivity contribution >= 4 is 7.12 Å². The van der Waals surface area contributed by atoms with Crippen LogP contribution in [0.15, 0.2) is 12.7 Å². The lowest BCUT2D eigenvalue weighted by Crippen LogP contribution is -2.42. The zero-order chi connectivity index (χ0) is 11.3. The van der Waals surface area contributed by atoms with E-state index in [0.29, 0.717) is 5.82 Å². The van der Waals surface area contributed by atoms with Gasteiger partial charge < -0.3 is 9.31 Å². The second-order valence-corrected chi connectivity index (χ2v) is 5.20. The molecule has 0 N–H and O–H groups in total. The van der Waals surface area contributed by atoms with Crippen molar-refractivity contribution in [3.63, 3.8) is 0 Å². The zero-order valence-electron chi connectivity index (χ0n) is 10.3. The van der Waals surface area contributed by atoms with Crippen LogP contribution in [-0.2, 0) is 9.31 Å². The van der Waals surface area contributed by atoms with Crippen molar-refractivity contribution < 1.29 is 9.31 Å². The highest BCUT2D eigenvalue weighted by molar-refractivity contribution is 6.47. The maximum atomic E-state index is 5.75. The van der Waals surface area contributed by atoms with E-state index in [1.54, 1.807) is 0 Å². The quantitative estimate of drug-likeness (QED) is 0.512. The third-order valence-electron chi connectivity index (χ3n) is 2.82. The first-order valence-corrected chi connectivity index (χ1v) is 5.95. The standard InChI is InChI=1S/C12H23BO2/c1-5-7-8-11(6-2)13-14-9-12(3,4)10-15-13/h6,11H,2,5,7-10H2,1,3-4H3/t11-/m1/s1. The molecule has 0 saturated carbocycles. The third-order valence-corrected chi connectivity index (χ3v) is 2.82. The van der Waals surface area contributed by atoms with E-state index in [9.17, 15) is 0 Å². The van der Waals surface area contributed by atoms with Gasteiger partial charge in [-0.3, -0.25) is 0 Å². The van der Waals surface area contributed by atoms with Gasteiger partial charge in [0.05, 0.1) is 0 Å². The van der Waals surface area contributed by atoms with Gasteiger partial charge in [0.2, 0.25) is 0 Å². The molecule has 3 heteroatoms. The van der Waals surface area contributed by atoms with Crippen molar-refractivity contribution in [1.82, 2.24) is 0 Å². The predicted molar refractivity (Wildman–Crippen MR) is 64.9 cm³/mol. The first-order chi connectivity index (χ1) is 7.09. The summed E-state index contributed by atoms with van der Waals surface area (Å²) in [5.74, 6) is 0.348. The minimum atomic E-state index is -0.0675. The maximum absolute atomic E-state index is 5.75. The average Bonchev–Trinajstić information content (AvgIpc) is 2.21. The van der Waals surface area contributed by atoms with E-state index >= 15 is 0 Å². The molecule has 0 amide bonds. The van der Waals surface area contributed by atoms with E-state index in [-0.39, 0.29) is 12.5 Å². The van der Waals surface area contributed by atoms with Crippen molar-refractivity contribution in [1.29, 1.82) is 0 Å². The van der Waals surface area contributed by atoms with Crippen LogP contribution in [0.4, 0.5) is 0 Å². The van der Waals surface area contributed by atoms with Gasteiger partial charge in [-0.2, -0.15) is 0 Å². The minimum Gasteiger partial charge on any atom is -0.410 e. The number of allylic oxidation sites excluding steroid dienone is 1. The lowest BCUT2D eigenvalue weighted by Gasteiger charge is -2.35. The monoisotopic (exact) mass is 210 g/mol. The van der Waals surface area contributed by atoms with Crippen LogP contribution in [0.1, 0.15) is 40.0 Å². The Morgan fingerprint density at radius 1 is 1.40 bits per heavy atom. The number of unbranched alkanes of at least 4 members (excludes halogenated alkanes) is 1. The molecule has 0 spiro atoms. The minimum absolute atomic E-state index is 0.0675. The van der Waals surface area contributed by atoms with Gasteiger partial charge in [0.1, 0.15) is 0 Å². The summed E-state index contributed by atoms with van der Waals surface area (Å²) < 4.78 is 11.5. The number of hydrogen-bond acceptors (Lipinski definition) is 2. The molecule has 0 unspecified atom stereocenters. The second-order valence-electron chi connectivity index (χ2n) is 5.20. The first-order valence-electron chi connectivity index (χ1n) is 5.95. The van der Waals surface area contributed by atoms with E-state index in [0.717, 1.165) is 19.6 Å². The summed E-state index contributed by atoms with van der Waals surface area (Å²) in [4.78, 5) is 0. The molecule has 1 rings (SSSR count). The molecule has 0 bridgehead atoms. The van der Waals surface area contributed by atoms with Gasteiger partial charge in [0.15, 0.2) is 0 Å². The zero-order valence-corrected chi connectivity index (χ0v) is 10.3. The Kier molecular flexibility index (Phi) is 4.87. The van der Waals surface area contributed by atoms with E-state index in [2.05, 4.69) is 27.4 Å². The molecule has 1 aliphatic heterocycles. The lowest BCUT2D eigenvalue weighted by molar-refractivity contribution is 0.0253. The van der Waals surface area contributed by atoms with Crippen LogP contribution in [-0.4, -0.2) is 20.3 Å². The molecule has 0 aliphatic carbocycles. The summed E-state index contributed by atoms with van der Waals surface area (Å²) in [6.45, 7) is 12.0. The molecule has 1 aliphatic rings. The molecule has 0 aromatic carbocycles. The van der Waals surface area contributed by atoms with E-state index in [1.165, 1.54) is 12.8 Å². The normalized spacial score (nSPS) is 22.5. The Morgan fingerprint density at radius 3 is 2.47 bits per heavy atom. The van der Waals surface area contributed by atoms with Gasteiger partial charge in [-0.25, -0.2) is 0 Å². The summed E-state index contributed by atoms with van der Waals surface area (Å²) in [7, 11) is -0.0675. The molecule has 1 atom stereocenters. The van der Waals surface area contributed by atoms with Crippen LogP contribution in [0.5, 0.6) is 0 Å². The highest BCUT2D eigenvalue weighted by Gasteiger charge is 2.36. The fraction of sp³-hybridized carbons (Fsp3) is 0.833. The van der Waals surface area contributed by atoms with Crippen LogP contribution in [0, 0.1) is 5.41 Å². The molecule has 1 fully saturated rings. The van der Waals surface area contributed by atoms with Crippen LogP contribution in [0.3, 0.4) is 0 Å². The van der Waals surface area contributed by atoms with Crippen molar-refractivity contribution in [3.05, 3.63) is 12.7 Å². The van der Waals surface area contributed by atoms with Crippen LogP contribution in [0.2, 0.25) is 5.82 Å². The maximum Gasteiger partial charge on any atom is 0.464 e. The molecule has 1 heterocycles. The number of rotatable bonds is 5. The summed E-state index contributed by atoms with van der Waals surface area (Å²) in [5, 5.41) is 0. The molecule has 1 saturated heterocycles. The number of hydrogen-bond donors (Lipinski definition) is 0. The van der Waals surface area contributed by atoms with E-state index < -0.39 is 0 Å². The third kappa shape index (κ3) is 4.00. The highest BCUT2D eigenvalue weighted by atomic mass is 16.6. The second kappa shape index (κ2) is 5.71. The van der Waals surface area contributed by atoms with Gasteiger partial charge in [0, 0.05) is 24.4 Å². The van der Waals surface area contributed by atoms with Crippen molar-refractivity contribution in [3.8, 4) is 0 Å². The Labute approximate surface area is 94.2 Å². The molecule has 0 radical (unpaired) electrons. The predicted octanol–water partition coefficient (Wildman–Crippen LogP) is 3.29. The summed E-state index contributed by atoms with van der Waals surface area (Å²) in [6, 6.07) is 0. The topological polar surface area (TPSA) is 18.5 Å². The average molecular weight is 210 g/mol. The molecule has 0 aromatic heterocycles. The van der Waals surface area contributed by atoms with Crippen molar-refractivity contribution in [2.45, 2.75) is 45.9 Å². The Hall–Kier alpha value is -0.275. The Bertz CT molecular complexity index is 194. The lowest BCUT2D eigenvalue weighted by atomic mass is 9.67. The summed E-state index contributed by atoms with van der Waals surface area (Å²) >= 11 is 0. The van der Waals surface area contributed by atoms with Crippen LogP contribution in [0.25, 0.3) is 0 Å².